The third-order valence-electron chi connectivity index (χ3n) is 1.26. The van der Waals surface area contributed by atoms with Crippen LogP contribution < -0.4 is 4.84 Å². The van der Waals surface area contributed by atoms with E-state index < -0.39 is 4.92 Å². The van der Waals surface area contributed by atoms with Crippen LogP contribution in [0.4, 0.5) is 11.4 Å². The van der Waals surface area contributed by atoms with Gasteiger partial charge in [-0.25, -0.2) is 0 Å². The van der Waals surface area contributed by atoms with Crippen molar-refractivity contribution in [2.24, 2.45) is 0 Å². The van der Waals surface area contributed by atoms with Gasteiger partial charge in [-0.05, 0) is 12.1 Å². The van der Waals surface area contributed by atoms with Gasteiger partial charge >= 0.3 is 0 Å². The molecule has 0 amide bonds. The van der Waals surface area contributed by atoms with Gasteiger partial charge < -0.3 is 0 Å². The molecule has 1 N–H and O–H groups in total. The molecule has 0 spiro atoms. The van der Waals surface area contributed by atoms with E-state index in [0.717, 1.165) is 0 Å². The number of hydrogen-bond acceptors (Lipinski definition) is 3. The van der Waals surface area contributed by atoms with Crippen LogP contribution in [0.1, 0.15) is 0 Å². The van der Waals surface area contributed by atoms with Gasteiger partial charge in [0.15, 0.2) is 0 Å². The van der Waals surface area contributed by atoms with Crippen molar-refractivity contribution in [3.63, 3.8) is 0 Å². The molecule has 0 saturated heterocycles. The van der Waals surface area contributed by atoms with Gasteiger partial charge in [-0.3, -0.25) is 15.0 Å². The molecule has 0 radical (unpaired) electrons. The summed E-state index contributed by atoms with van der Waals surface area (Å²) in [6.07, 6.45) is 0. The minimum atomic E-state index is -0.504. The molecule has 0 heterocycles. The molecule has 64 valence electrons. The van der Waals surface area contributed by atoms with E-state index in [4.69, 9.17) is 11.8 Å². The molecule has 0 saturated carbocycles. The first kappa shape index (κ1) is 9.28. The van der Waals surface area contributed by atoms with Crippen LogP contribution in [0.2, 0.25) is 0 Å². The fourth-order valence-corrected chi connectivity index (χ4v) is 1.24. The van der Waals surface area contributed by atoms with Crippen LogP contribution in [0.5, 0.6) is 0 Å². The van der Waals surface area contributed by atoms with Crippen LogP contribution in [0.15, 0.2) is 22.7 Å². The number of rotatable bonds is 2. The molecule has 6 heteroatoms. The molecule has 0 aliphatic heterocycles. The Morgan fingerprint density at radius 2 is 2.25 bits per heavy atom. The monoisotopic (exact) mass is 250 g/mol. The molecule has 1 rings (SSSR count). The summed E-state index contributed by atoms with van der Waals surface area (Å²) in [5.74, 6) is 0. The van der Waals surface area contributed by atoms with Gasteiger partial charge in [-0.1, -0.05) is 15.9 Å². The first-order chi connectivity index (χ1) is 5.65. The van der Waals surface area contributed by atoms with E-state index >= 15 is 0 Å². The topological polar surface area (TPSA) is 55.2 Å². The van der Waals surface area contributed by atoms with E-state index in [-0.39, 0.29) is 11.4 Å². The van der Waals surface area contributed by atoms with Crippen molar-refractivity contribution in [2.75, 3.05) is 4.84 Å². The Morgan fingerprint density at radius 3 is 2.75 bits per heavy atom. The minimum absolute atomic E-state index is 0.0561. The maximum atomic E-state index is 10.4. The highest BCUT2D eigenvalue weighted by molar-refractivity contribution is 9.10. The predicted octanol–water partition coefficient (Wildman–Crippen LogP) is 2.92. The zero-order valence-electron chi connectivity index (χ0n) is 5.75. The number of nitro benzene ring substituents is 1. The third-order valence-corrected chi connectivity index (χ3v) is 1.96. The molecular formula is C6H4BrClN2O2. The fourth-order valence-electron chi connectivity index (χ4n) is 0.736. The summed E-state index contributed by atoms with van der Waals surface area (Å²) >= 11 is 8.38. The Kier molecular flexibility index (Phi) is 2.88. The molecule has 0 aliphatic rings. The summed E-state index contributed by atoms with van der Waals surface area (Å²) in [6.45, 7) is 0. The largest absolute Gasteiger partial charge is 0.294 e. The van der Waals surface area contributed by atoms with Crippen molar-refractivity contribution >= 4 is 39.1 Å². The summed E-state index contributed by atoms with van der Waals surface area (Å²) < 4.78 is 0.643. The first-order valence-corrected chi connectivity index (χ1v) is 4.13. The molecule has 0 fully saturated rings. The second-order valence-electron chi connectivity index (χ2n) is 2.01. The molecular weight excluding hydrogens is 247 g/mol. The Morgan fingerprint density at radius 1 is 1.58 bits per heavy atom. The van der Waals surface area contributed by atoms with E-state index in [1.807, 2.05) is 0 Å². The zero-order chi connectivity index (χ0) is 9.14. The molecule has 12 heavy (non-hydrogen) atoms. The number of benzene rings is 1. The van der Waals surface area contributed by atoms with E-state index in [2.05, 4.69) is 20.8 Å². The van der Waals surface area contributed by atoms with Crippen LogP contribution in [0, 0.1) is 10.1 Å². The molecule has 0 bridgehead atoms. The number of nitro groups is 1. The lowest BCUT2D eigenvalue weighted by molar-refractivity contribution is -0.384. The van der Waals surface area contributed by atoms with Crippen molar-refractivity contribution < 1.29 is 4.92 Å². The normalized spacial score (nSPS) is 9.50. The fraction of sp³-hybridized carbons (Fsp3) is 0. The molecule has 1 aromatic carbocycles. The molecule has 4 nitrogen and oxygen atoms in total. The molecule has 0 aliphatic carbocycles. The van der Waals surface area contributed by atoms with E-state index in [1.165, 1.54) is 12.1 Å². The summed E-state index contributed by atoms with van der Waals surface area (Å²) in [6, 6.07) is 4.57. The Labute approximate surface area is 81.9 Å². The lowest BCUT2D eigenvalue weighted by Crippen LogP contribution is -1.92. The smallest absolute Gasteiger partial charge is 0.292 e. The van der Waals surface area contributed by atoms with E-state index in [0.29, 0.717) is 4.47 Å². The van der Waals surface area contributed by atoms with Crippen LogP contribution in [-0.2, 0) is 0 Å². The van der Waals surface area contributed by atoms with Gasteiger partial charge in [-0.2, -0.15) is 0 Å². The summed E-state index contributed by atoms with van der Waals surface area (Å²) in [5.41, 5.74) is 0.226. The van der Waals surface area contributed by atoms with Gasteiger partial charge in [0.2, 0.25) is 0 Å². The second kappa shape index (κ2) is 3.73. The van der Waals surface area contributed by atoms with Crippen molar-refractivity contribution in [3.05, 3.63) is 32.8 Å². The predicted molar refractivity (Wildman–Crippen MR) is 50.3 cm³/mol. The van der Waals surface area contributed by atoms with Crippen molar-refractivity contribution in [1.82, 2.24) is 0 Å². The first-order valence-electron chi connectivity index (χ1n) is 2.95. The van der Waals surface area contributed by atoms with Crippen LogP contribution in [0.25, 0.3) is 0 Å². The van der Waals surface area contributed by atoms with Gasteiger partial charge in [-0.15, -0.1) is 0 Å². The Hall–Kier alpha value is -0.810. The molecule has 1 aromatic rings. The highest BCUT2D eigenvalue weighted by atomic mass is 79.9. The third kappa shape index (κ3) is 1.86. The quantitative estimate of drug-likeness (QED) is 0.499. The summed E-state index contributed by atoms with van der Waals surface area (Å²) in [5, 5.41) is 10.4. The second-order valence-corrected chi connectivity index (χ2v) is 3.12. The van der Waals surface area contributed by atoms with E-state index in [1.54, 1.807) is 6.07 Å². The Balaban J connectivity index is 3.21. The standard InChI is InChI=1S/C6H4BrClN2O2/c7-4-1-2-5(9-8)6(3-4)10(11)12/h1-3,9H. The average molecular weight is 251 g/mol. The molecule has 0 atom stereocenters. The Bertz CT molecular complexity index is 318. The van der Waals surface area contributed by atoms with Gasteiger partial charge in [0.05, 0.1) is 4.92 Å². The lowest BCUT2D eigenvalue weighted by atomic mass is 10.3. The number of anilines is 1. The SMILES string of the molecule is O=[N+]([O-])c1cc(Br)ccc1NCl. The molecule has 0 unspecified atom stereocenters. The average Bonchev–Trinajstić information content (AvgIpc) is 2.04. The highest BCUT2D eigenvalue weighted by Crippen LogP contribution is 2.28. The van der Waals surface area contributed by atoms with Crippen molar-refractivity contribution in [1.29, 1.82) is 0 Å². The van der Waals surface area contributed by atoms with Gasteiger partial charge in [0.25, 0.3) is 5.69 Å². The maximum Gasteiger partial charge on any atom is 0.294 e. The van der Waals surface area contributed by atoms with Gasteiger partial charge in [0, 0.05) is 22.3 Å². The van der Waals surface area contributed by atoms with Crippen molar-refractivity contribution in [2.45, 2.75) is 0 Å². The van der Waals surface area contributed by atoms with Crippen molar-refractivity contribution in [3.8, 4) is 0 Å². The van der Waals surface area contributed by atoms with Gasteiger partial charge in [0.1, 0.15) is 5.69 Å². The van der Waals surface area contributed by atoms with Crippen LogP contribution >= 0.6 is 27.7 Å². The molecule has 0 aromatic heterocycles. The van der Waals surface area contributed by atoms with Crippen LogP contribution in [0.3, 0.4) is 0 Å². The van der Waals surface area contributed by atoms with E-state index in [9.17, 15) is 10.1 Å². The maximum absolute atomic E-state index is 10.4. The number of nitrogens with zero attached hydrogens (tertiary/aromatic N) is 1. The number of nitrogens with one attached hydrogen (secondary N) is 1. The minimum Gasteiger partial charge on any atom is -0.292 e. The summed E-state index contributed by atoms with van der Waals surface area (Å²) in [4.78, 5) is 12.1. The highest BCUT2D eigenvalue weighted by Gasteiger charge is 2.12. The summed E-state index contributed by atoms with van der Waals surface area (Å²) in [7, 11) is 0. The lowest BCUT2D eigenvalue weighted by Gasteiger charge is -1.99. The zero-order valence-corrected chi connectivity index (χ0v) is 8.09. The number of hydrogen-bond donors (Lipinski definition) is 1. The number of halogens is 2. The van der Waals surface area contributed by atoms with Crippen LogP contribution in [-0.4, -0.2) is 4.92 Å².